The largest absolute Gasteiger partial charge is 0.411 e. The van der Waals surface area contributed by atoms with E-state index in [1.54, 1.807) is 30.3 Å². The summed E-state index contributed by atoms with van der Waals surface area (Å²) in [6.07, 6.45) is 2.94. The van der Waals surface area contributed by atoms with E-state index >= 15 is 0 Å². The number of hydrogen-bond donors (Lipinski definition) is 1. The van der Waals surface area contributed by atoms with Crippen molar-refractivity contribution in [1.29, 1.82) is 0 Å². The lowest BCUT2D eigenvalue weighted by Crippen LogP contribution is -2.16. The van der Waals surface area contributed by atoms with Gasteiger partial charge >= 0.3 is 0 Å². The SMILES string of the molecule is O=C(CSc1nnc(-c2ccccc2Cl)o1)Nc1cc(Cl)ccc1-n1cncn1. The number of rotatable bonds is 6. The van der Waals surface area contributed by atoms with Crippen LogP contribution in [0, 0.1) is 0 Å². The molecule has 2 aromatic heterocycles. The minimum absolute atomic E-state index is 0.0630. The molecule has 2 heterocycles. The monoisotopic (exact) mass is 446 g/mol. The van der Waals surface area contributed by atoms with Crippen LogP contribution in [0.2, 0.25) is 10.0 Å². The van der Waals surface area contributed by atoms with Crippen LogP contribution < -0.4 is 5.32 Å². The van der Waals surface area contributed by atoms with Crippen LogP contribution in [0.3, 0.4) is 0 Å². The maximum Gasteiger partial charge on any atom is 0.277 e. The fraction of sp³-hybridized carbons (Fsp3) is 0.0556. The quantitative estimate of drug-likeness (QED) is 0.439. The molecular weight excluding hydrogens is 435 g/mol. The number of aromatic nitrogens is 5. The smallest absolute Gasteiger partial charge is 0.277 e. The number of nitrogens with zero attached hydrogens (tertiary/aromatic N) is 5. The van der Waals surface area contributed by atoms with E-state index in [-0.39, 0.29) is 16.9 Å². The number of amides is 1. The van der Waals surface area contributed by atoms with E-state index in [1.165, 1.54) is 17.3 Å². The Hall–Kier alpha value is -2.88. The highest BCUT2D eigenvalue weighted by Crippen LogP contribution is 2.29. The van der Waals surface area contributed by atoms with Gasteiger partial charge in [0.1, 0.15) is 12.7 Å². The summed E-state index contributed by atoms with van der Waals surface area (Å²) < 4.78 is 7.12. The molecular formula is C18H12Cl2N6O2S. The summed E-state index contributed by atoms with van der Waals surface area (Å²) in [4.78, 5) is 16.3. The molecule has 1 N–H and O–H groups in total. The second kappa shape index (κ2) is 8.64. The minimum atomic E-state index is -0.267. The number of halogens is 2. The van der Waals surface area contributed by atoms with Gasteiger partial charge in [0.15, 0.2) is 0 Å². The predicted molar refractivity (Wildman–Crippen MR) is 110 cm³/mol. The lowest BCUT2D eigenvalue weighted by Gasteiger charge is -2.10. The minimum Gasteiger partial charge on any atom is -0.411 e. The molecule has 4 aromatic rings. The van der Waals surface area contributed by atoms with Gasteiger partial charge in [0, 0.05) is 5.02 Å². The lowest BCUT2D eigenvalue weighted by molar-refractivity contribution is -0.113. The molecule has 0 fully saturated rings. The average molecular weight is 447 g/mol. The van der Waals surface area contributed by atoms with E-state index in [9.17, 15) is 4.79 Å². The van der Waals surface area contributed by atoms with Gasteiger partial charge in [0.25, 0.3) is 5.22 Å². The number of hydrogen-bond acceptors (Lipinski definition) is 7. The Morgan fingerprint density at radius 3 is 2.83 bits per heavy atom. The van der Waals surface area contributed by atoms with Crippen molar-refractivity contribution in [1.82, 2.24) is 25.0 Å². The van der Waals surface area contributed by atoms with E-state index in [4.69, 9.17) is 27.6 Å². The average Bonchev–Trinajstić information content (AvgIpc) is 3.39. The summed E-state index contributed by atoms with van der Waals surface area (Å²) in [5.41, 5.74) is 1.79. The van der Waals surface area contributed by atoms with Gasteiger partial charge < -0.3 is 9.73 Å². The van der Waals surface area contributed by atoms with Gasteiger partial charge in [-0.2, -0.15) is 5.10 Å². The molecule has 4 rings (SSSR count). The van der Waals surface area contributed by atoms with Crippen molar-refractivity contribution in [3.05, 3.63) is 65.2 Å². The van der Waals surface area contributed by atoms with Crippen molar-refractivity contribution in [2.24, 2.45) is 0 Å². The van der Waals surface area contributed by atoms with Crippen LogP contribution in [0.5, 0.6) is 0 Å². The normalized spacial score (nSPS) is 10.8. The van der Waals surface area contributed by atoms with Gasteiger partial charge in [-0.3, -0.25) is 4.79 Å². The van der Waals surface area contributed by atoms with Crippen LogP contribution >= 0.6 is 35.0 Å². The molecule has 0 radical (unpaired) electrons. The van der Waals surface area contributed by atoms with Gasteiger partial charge in [0.2, 0.25) is 11.8 Å². The second-order valence-corrected chi connectivity index (χ2v) is 7.46. The summed E-state index contributed by atoms with van der Waals surface area (Å²) in [6, 6.07) is 12.2. The van der Waals surface area contributed by atoms with Crippen molar-refractivity contribution in [2.45, 2.75) is 5.22 Å². The zero-order valence-electron chi connectivity index (χ0n) is 14.6. The summed E-state index contributed by atoms with van der Waals surface area (Å²) in [7, 11) is 0. The zero-order valence-corrected chi connectivity index (χ0v) is 16.9. The maximum atomic E-state index is 12.4. The van der Waals surface area contributed by atoms with Gasteiger partial charge in [0.05, 0.1) is 27.7 Å². The molecule has 0 atom stereocenters. The Balaban J connectivity index is 1.43. The fourth-order valence-electron chi connectivity index (χ4n) is 2.47. The number of carbonyl (C=O) groups excluding carboxylic acids is 1. The molecule has 0 aliphatic heterocycles. The van der Waals surface area contributed by atoms with Crippen molar-refractivity contribution in [3.63, 3.8) is 0 Å². The van der Waals surface area contributed by atoms with Gasteiger partial charge in [-0.15, -0.1) is 10.2 Å². The molecule has 29 heavy (non-hydrogen) atoms. The zero-order chi connectivity index (χ0) is 20.2. The van der Waals surface area contributed by atoms with Crippen molar-refractivity contribution in [2.75, 3.05) is 11.1 Å². The number of anilines is 1. The summed E-state index contributed by atoms with van der Waals surface area (Å²) >= 11 is 13.3. The number of nitrogens with one attached hydrogen (secondary N) is 1. The van der Waals surface area contributed by atoms with Crippen LogP contribution in [0.1, 0.15) is 0 Å². The van der Waals surface area contributed by atoms with Crippen LogP contribution in [0.15, 0.2) is 64.8 Å². The summed E-state index contributed by atoms with van der Waals surface area (Å²) in [6.45, 7) is 0. The van der Waals surface area contributed by atoms with Crippen LogP contribution in [-0.4, -0.2) is 36.6 Å². The fourth-order valence-corrected chi connectivity index (χ4v) is 3.42. The van der Waals surface area contributed by atoms with Gasteiger partial charge in [-0.05, 0) is 30.3 Å². The topological polar surface area (TPSA) is 98.7 Å². The highest BCUT2D eigenvalue weighted by Gasteiger charge is 2.15. The Morgan fingerprint density at radius 1 is 1.17 bits per heavy atom. The summed E-state index contributed by atoms with van der Waals surface area (Å²) in [5.74, 6) is 0.0888. The molecule has 2 aromatic carbocycles. The van der Waals surface area contributed by atoms with Gasteiger partial charge in [-0.25, -0.2) is 9.67 Å². The summed E-state index contributed by atoms with van der Waals surface area (Å²) in [5, 5.41) is 16.1. The molecule has 0 saturated heterocycles. The molecule has 0 bridgehead atoms. The van der Waals surface area contributed by atoms with Crippen molar-refractivity contribution >= 4 is 46.6 Å². The van der Waals surface area contributed by atoms with E-state index in [2.05, 4.69) is 25.6 Å². The third-order valence-corrected chi connectivity index (χ3v) is 5.12. The van der Waals surface area contributed by atoms with Crippen LogP contribution in [0.4, 0.5) is 5.69 Å². The first kappa shape index (κ1) is 19.4. The highest BCUT2D eigenvalue weighted by molar-refractivity contribution is 7.99. The van der Waals surface area contributed by atoms with E-state index in [1.807, 2.05) is 12.1 Å². The van der Waals surface area contributed by atoms with Crippen LogP contribution in [-0.2, 0) is 4.79 Å². The van der Waals surface area contributed by atoms with E-state index < -0.39 is 0 Å². The Bertz CT molecular complexity index is 1150. The Labute approximate surface area is 179 Å². The second-order valence-electron chi connectivity index (χ2n) is 5.69. The van der Waals surface area contributed by atoms with Crippen LogP contribution in [0.25, 0.3) is 17.1 Å². The molecule has 11 heteroatoms. The third kappa shape index (κ3) is 4.58. The molecule has 146 valence electrons. The predicted octanol–water partition coefficient (Wildman–Crippen LogP) is 4.35. The number of thioether (sulfide) groups is 1. The van der Waals surface area contributed by atoms with E-state index in [0.717, 1.165) is 11.8 Å². The Kier molecular flexibility index (Phi) is 5.79. The Morgan fingerprint density at radius 2 is 2.03 bits per heavy atom. The van der Waals surface area contributed by atoms with Crippen molar-refractivity contribution < 1.29 is 9.21 Å². The molecule has 0 aliphatic rings. The molecule has 0 unspecified atom stereocenters. The molecule has 0 aliphatic carbocycles. The number of carbonyl (C=O) groups is 1. The highest BCUT2D eigenvalue weighted by atomic mass is 35.5. The third-order valence-electron chi connectivity index (χ3n) is 3.74. The first-order chi connectivity index (χ1) is 14.1. The number of benzene rings is 2. The first-order valence-corrected chi connectivity index (χ1v) is 10.00. The van der Waals surface area contributed by atoms with Gasteiger partial charge in [-0.1, -0.05) is 47.1 Å². The van der Waals surface area contributed by atoms with E-state index in [0.29, 0.717) is 32.9 Å². The van der Waals surface area contributed by atoms with Crippen molar-refractivity contribution in [3.8, 4) is 17.1 Å². The molecule has 0 spiro atoms. The molecule has 1 amide bonds. The molecule has 8 nitrogen and oxygen atoms in total. The maximum absolute atomic E-state index is 12.4. The molecule has 0 saturated carbocycles. The lowest BCUT2D eigenvalue weighted by atomic mass is 10.2. The standard InChI is InChI=1S/C18H12Cl2N6O2S/c19-11-5-6-15(26-10-21-9-22-26)14(7-11)23-16(27)8-29-18-25-24-17(28-18)12-3-1-2-4-13(12)20/h1-7,9-10H,8H2,(H,23,27). The first-order valence-electron chi connectivity index (χ1n) is 8.26.